The highest BCUT2D eigenvalue weighted by Crippen LogP contribution is 2.27. The first-order chi connectivity index (χ1) is 8.98. The minimum Gasteiger partial charge on any atom is -0.387 e. The summed E-state index contributed by atoms with van der Waals surface area (Å²) in [6, 6.07) is 5.80. The lowest BCUT2D eigenvalue weighted by Gasteiger charge is -2.25. The van der Waals surface area contributed by atoms with Gasteiger partial charge in [-0.3, -0.25) is 0 Å². The van der Waals surface area contributed by atoms with Crippen molar-refractivity contribution in [2.75, 3.05) is 12.3 Å². The number of benzene rings is 1. The van der Waals surface area contributed by atoms with Crippen LogP contribution in [0.3, 0.4) is 0 Å². The van der Waals surface area contributed by atoms with Gasteiger partial charge in [-0.2, -0.15) is 0 Å². The average molecular weight is 287 g/mol. The molecule has 6 heteroatoms. The van der Waals surface area contributed by atoms with Gasteiger partial charge in [-0.1, -0.05) is 24.6 Å². The molecule has 0 bridgehead atoms. The Labute approximate surface area is 112 Å². The smallest absolute Gasteiger partial charge is 0.211 e. The Bertz CT molecular complexity index is 528. The van der Waals surface area contributed by atoms with Crippen molar-refractivity contribution in [1.82, 2.24) is 4.72 Å². The van der Waals surface area contributed by atoms with E-state index in [9.17, 15) is 17.9 Å². The molecule has 1 fully saturated rings. The molecule has 2 rings (SSSR count). The van der Waals surface area contributed by atoms with E-state index in [2.05, 4.69) is 4.72 Å². The molecule has 1 aliphatic carbocycles. The standard InChI is InChI=1S/C13H18FNO3S/c14-12-7-2-1-6-11(12)13(16)8-15-19(17,18)9-10-4-3-5-10/h1-2,6-7,10,13,15-16H,3-5,8-9H2. The maximum atomic E-state index is 13.4. The van der Waals surface area contributed by atoms with Crippen LogP contribution in [-0.4, -0.2) is 25.8 Å². The largest absolute Gasteiger partial charge is 0.387 e. The molecule has 2 N–H and O–H groups in total. The molecule has 106 valence electrons. The molecule has 4 nitrogen and oxygen atoms in total. The zero-order chi connectivity index (χ0) is 13.9. The molecular weight excluding hydrogens is 269 g/mol. The van der Waals surface area contributed by atoms with Gasteiger partial charge in [0.05, 0.1) is 11.9 Å². The first kappa shape index (κ1) is 14.4. The predicted octanol–water partition coefficient (Wildman–Crippen LogP) is 1.58. The normalized spacial score (nSPS) is 18.0. The molecule has 1 unspecified atom stereocenters. The van der Waals surface area contributed by atoms with Crippen molar-refractivity contribution in [2.24, 2.45) is 5.92 Å². The Balaban J connectivity index is 1.89. The maximum Gasteiger partial charge on any atom is 0.211 e. The predicted molar refractivity (Wildman–Crippen MR) is 70.5 cm³/mol. The summed E-state index contributed by atoms with van der Waals surface area (Å²) in [4.78, 5) is 0. The zero-order valence-corrected chi connectivity index (χ0v) is 11.4. The summed E-state index contributed by atoms with van der Waals surface area (Å²) < 4.78 is 39.2. The van der Waals surface area contributed by atoms with Gasteiger partial charge in [0.2, 0.25) is 10.0 Å². The molecule has 1 aromatic rings. The van der Waals surface area contributed by atoms with Gasteiger partial charge in [-0.25, -0.2) is 17.5 Å². The lowest BCUT2D eigenvalue weighted by atomic mass is 9.87. The van der Waals surface area contributed by atoms with E-state index < -0.39 is 21.9 Å². The second-order valence-corrected chi connectivity index (χ2v) is 6.82. The third kappa shape index (κ3) is 3.99. The minimum atomic E-state index is -3.39. The average Bonchev–Trinajstić information content (AvgIpc) is 2.32. The van der Waals surface area contributed by atoms with Crippen LogP contribution in [0.4, 0.5) is 4.39 Å². The molecule has 1 atom stereocenters. The molecule has 1 aliphatic rings. The van der Waals surface area contributed by atoms with Gasteiger partial charge in [0.15, 0.2) is 0 Å². The lowest BCUT2D eigenvalue weighted by molar-refractivity contribution is 0.177. The fraction of sp³-hybridized carbons (Fsp3) is 0.538. The number of aliphatic hydroxyl groups is 1. The van der Waals surface area contributed by atoms with E-state index >= 15 is 0 Å². The fourth-order valence-corrected chi connectivity index (χ4v) is 3.57. The van der Waals surface area contributed by atoms with Crippen molar-refractivity contribution in [1.29, 1.82) is 0 Å². The van der Waals surface area contributed by atoms with E-state index in [4.69, 9.17) is 0 Å². The van der Waals surface area contributed by atoms with Gasteiger partial charge in [0.25, 0.3) is 0 Å². The second kappa shape index (κ2) is 5.98. The SMILES string of the molecule is O=S(=O)(CC1CCC1)NCC(O)c1ccccc1F. The fourth-order valence-electron chi connectivity index (χ4n) is 2.09. The van der Waals surface area contributed by atoms with Crippen molar-refractivity contribution in [3.63, 3.8) is 0 Å². The van der Waals surface area contributed by atoms with Crippen LogP contribution < -0.4 is 4.72 Å². The third-order valence-electron chi connectivity index (χ3n) is 3.44. The van der Waals surface area contributed by atoms with Gasteiger partial charge in [0.1, 0.15) is 5.82 Å². The summed E-state index contributed by atoms with van der Waals surface area (Å²) in [5.41, 5.74) is 0.105. The van der Waals surface area contributed by atoms with Crippen LogP contribution in [0.1, 0.15) is 30.9 Å². The number of rotatable bonds is 6. The number of aliphatic hydroxyl groups excluding tert-OH is 1. The zero-order valence-electron chi connectivity index (χ0n) is 10.5. The molecule has 1 aromatic carbocycles. The van der Waals surface area contributed by atoms with Crippen molar-refractivity contribution in [2.45, 2.75) is 25.4 Å². The van der Waals surface area contributed by atoms with Gasteiger partial charge in [-0.15, -0.1) is 0 Å². The van der Waals surface area contributed by atoms with Gasteiger partial charge in [0, 0.05) is 12.1 Å². The molecule has 0 spiro atoms. The number of hydrogen-bond donors (Lipinski definition) is 2. The van der Waals surface area contributed by atoms with Crippen LogP contribution in [0.2, 0.25) is 0 Å². The van der Waals surface area contributed by atoms with Crippen LogP contribution in [0.5, 0.6) is 0 Å². The monoisotopic (exact) mass is 287 g/mol. The quantitative estimate of drug-likeness (QED) is 0.835. The van der Waals surface area contributed by atoms with E-state index in [1.165, 1.54) is 18.2 Å². The van der Waals surface area contributed by atoms with Crippen molar-refractivity contribution < 1.29 is 17.9 Å². The molecule has 19 heavy (non-hydrogen) atoms. The van der Waals surface area contributed by atoms with Crippen LogP contribution in [0, 0.1) is 11.7 Å². The molecule has 0 amide bonds. The number of sulfonamides is 1. The van der Waals surface area contributed by atoms with E-state index in [-0.39, 0.29) is 23.8 Å². The Morgan fingerprint density at radius 1 is 1.37 bits per heavy atom. The lowest BCUT2D eigenvalue weighted by Crippen LogP contribution is -2.34. The van der Waals surface area contributed by atoms with Crippen LogP contribution in [0.15, 0.2) is 24.3 Å². The Hall–Kier alpha value is -0.980. The summed E-state index contributed by atoms with van der Waals surface area (Å²) in [7, 11) is -3.39. The Morgan fingerprint density at radius 3 is 2.63 bits per heavy atom. The molecule has 0 heterocycles. The topological polar surface area (TPSA) is 66.4 Å². The van der Waals surface area contributed by atoms with Crippen molar-refractivity contribution >= 4 is 10.0 Å². The summed E-state index contributed by atoms with van der Waals surface area (Å²) in [5, 5.41) is 9.80. The number of halogens is 1. The summed E-state index contributed by atoms with van der Waals surface area (Å²) in [6.07, 6.45) is 1.79. The minimum absolute atomic E-state index is 0.0942. The first-order valence-corrected chi connectivity index (χ1v) is 8.03. The highest BCUT2D eigenvalue weighted by Gasteiger charge is 2.25. The second-order valence-electron chi connectivity index (χ2n) is 4.96. The highest BCUT2D eigenvalue weighted by atomic mass is 32.2. The van der Waals surface area contributed by atoms with E-state index in [0.29, 0.717) is 0 Å². The maximum absolute atomic E-state index is 13.4. The molecule has 0 saturated heterocycles. The molecule has 1 saturated carbocycles. The van der Waals surface area contributed by atoms with E-state index in [1.807, 2.05) is 0 Å². The summed E-state index contributed by atoms with van der Waals surface area (Å²) in [6.45, 7) is -0.198. The molecular formula is C13H18FNO3S. The van der Waals surface area contributed by atoms with Crippen molar-refractivity contribution in [3.8, 4) is 0 Å². The Morgan fingerprint density at radius 2 is 2.05 bits per heavy atom. The molecule has 0 radical (unpaired) electrons. The molecule has 0 aliphatic heterocycles. The number of hydrogen-bond acceptors (Lipinski definition) is 3. The third-order valence-corrected chi connectivity index (χ3v) is 4.96. The first-order valence-electron chi connectivity index (χ1n) is 6.38. The summed E-state index contributed by atoms with van der Waals surface area (Å²) in [5.74, 6) is -0.215. The van der Waals surface area contributed by atoms with E-state index in [0.717, 1.165) is 19.3 Å². The summed E-state index contributed by atoms with van der Waals surface area (Å²) >= 11 is 0. The van der Waals surface area contributed by atoms with Gasteiger partial charge in [-0.05, 0) is 24.8 Å². The van der Waals surface area contributed by atoms with Crippen LogP contribution >= 0.6 is 0 Å². The van der Waals surface area contributed by atoms with Crippen LogP contribution in [-0.2, 0) is 10.0 Å². The number of nitrogens with one attached hydrogen (secondary N) is 1. The van der Waals surface area contributed by atoms with Gasteiger partial charge < -0.3 is 5.11 Å². The van der Waals surface area contributed by atoms with Crippen LogP contribution in [0.25, 0.3) is 0 Å². The molecule has 0 aromatic heterocycles. The Kier molecular flexibility index (Phi) is 4.54. The van der Waals surface area contributed by atoms with Crippen molar-refractivity contribution in [3.05, 3.63) is 35.6 Å². The van der Waals surface area contributed by atoms with Gasteiger partial charge >= 0.3 is 0 Å². The van der Waals surface area contributed by atoms with E-state index in [1.54, 1.807) is 6.07 Å². The highest BCUT2D eigenvalue weighted by molar-refractivity contribution is 7.89.